The van der Waals surface area contributed by atoms with Crippen LogP contribution in [0.15, 0.2) is 35.0 Å². The van der Waals surface area contributed by atoms with Gasteiger partial charge in [0.2, 0.25) is 5.89 Å². The van der Waals surface area contributed by atoms with Gasteiger partial charge in [-0.05, 0) is 12.1 Å². The lowest BCUT2D eigenvalue weighted by atomic mass is 10.3. The number of hydrogen-bond donors (Lipinski definition) is 1. The summed E-state index contributed by atoms with van der Waals surface area (Å²) < 4.78 is 5.48. The molecule has 0 aliphatic rings. The first-order valence-electron chi connectivity index (χ1n) is 5.42. The Hall–Kier alpha value is -1.68. The molecule has 0 aliphatic heterocycles. The lowest BCUT2D eigenvalue weighted by molar-refractivity contribution is 0.438. The zero-order chi connectivity index (χ0) is 11.2. The van der Waals surface area contributed by atoms with Crippen LogP contribution in [0.3, 0.4) is 0 Å². The Kier molecular flexibility index (Phi) is 3.66. The molecule has 2 aromatic heterocycles. The van der Waals surface area contributed by atoms with Crippen molar-refractivity contribution in [1.82, 2.24) is 15.3 Å². The predicted molar refractivity (Wildman–Crippen MR) is 60.7 cm³/mol. The monoisotopic (exact) mass is 217 g/mol. The summed E-state index contributed by atoms with van der Waals surface area (Å²) in [6, 6.07) is 5.87. The third-order valence-corrected chi connectivity index (χ3v) is 2.26. The number of oxazole rings is 1. The van der Waals surface area contributed by atoms with Gasteiger partial charge in [-0.1, -0.05) is 13.0 Å². The highest BCUT2D eigenvalue weighted by molar-refractivity contribution is 5.03. The van der Waals surface area contributed by atoms with Crippen LogP contribution in [0.25, 0.3) is 0 Å². The number of pyridine rings is 1. The minimum absolute atomic E-state index is 0.635. The maximum atomic E-state index is 5.48. The summed E-state index contributed by atoms with van der Waals surface area (Å²) >= 11 is 0. The van der Waals surface area contributed by atoms with E-state index in [1.54, 1.807) is 12.4 Å². The van der Waals surface area contributed by atoms with Crippen LogP contribution < -0.4 is 5.32 Å². The van der Waals surface area contributed by atoms with Crippen molar-refractivity contribution in [2.45, 2.75) is 26.4 Å². The lowest BCUT2D eigenvalue weighted by Crippen LogP contribution is -2.13. The van der Waals surface area contributed by atoms with Crippen molar-refractivity contribution in [1.29, 1.82) is 0 Å². The van der Waals surface area contributed by atoms with Gasteiger partial charge < -0.3 is 9.73 Å². The van der Waals surface area contributed by atoms with E-state index >= 15 is 0 Å². The maximum Gasteiger partial charge on any atom is 0.208 e. The van der Waals surface area contributed by atoms with Crippen molar-refractivity contribution in [3.05, 3.63) is 47.9 Å². The number of aryl methyl sites for hydroxylation is 1. The van der Waals surface area contributed by atoms with Gasteiger partial charge in [0.05, 0.1) is 18.4 Å². The van der Waals surface area contributed by atoms with Gasteiger partial charge in [-0.15, -0.1) is 0 Å². The van der Waals surface area contributed by atoms with E-state index in [1.165, 1.54) is 0 Å². The van der Waals surface area contributed by atoms with Crippen molar-refractivity contribution in [2.75, 3.05) is 0 Å². The first-order chi connectivity index (χ1) is 7.88. The summed E-state index contributed by atoms with van der Waals surface area (Å²) in [7, 11) is 0. The highest BCUT2D eigenvalue weighted by Crippen LogP contribution is 2.03. The molecule has 4 nitrogen and oxygen atoms in total. The highest BCUT2D eigenvalue weighted by atomic mass is 16.4. The number of hydrogen-bond acceptors (Lipinski definition) is 4. The molecule has 0 unspecified atom stereocenters. The van der Waals surface area contributed by atoms with E-state index in [0.29, 0.717) is 6.54 Å². The van der Waals surface area contributed by atoms with Gasteiger partial charge in [0, 0.05) is 19.2 Å². The van der Waals surface area contributed by atoms with Gasteiger partial charge in [-0.25, -0.2) is 4.98 Å². The van der Waals surface area contributed by atoms with Crippen LogP contribution in [-0.2, 0) is 19.5 Å². The lowest BCUT2D eigenvalue weighted by Gasteiger charge is -2.00. The minimum Gasteiger partial charge on any atom is -0.444 e. The molecule has 2 heterocycles. The largest absolute Gasteiger partial charge is 0.444 e. The summed E-state index contributed by atoms with van der Waals surface area (Å²) in [6.07, 6.45) is 4.45. The van der Waals surface area contributed by atoms with Crippen molar-refractivity contribution in [3.8, 4) is 0 Å². The van der Waals surface area contributed by atoms with Crippen molar-refractivity contribution >= 4 is 0 Å². The molecule has 0 saturated carbocycles. The standard InChI is InChI=1S/C12H15N3O/c1-2-11-8-15-12(16-11)9-13-7-10-5-3-4-6-14-10/h3-6,8,13H,2,7,9H2,1H3. The molecular weight excluding hydrogens is 202 g/mol. The summed E-state index contributed by atoms with van der Waals surface area (Å²) in [5.41, 5.74) is 1.02. The zero-order valence-corrected chi connectivity index (χ0v) is 9.31. The van der Waals surface area contributed by atoms with Gasteiger partial charge in [-0.2, -0.15) is 0 Å². The van der Waals surface area contributed by atoms with Crippen LogP contribution in [0.5, 0.6) is 0 Å². The average Bonchev–Trinajstić information content (AvgIpc) is 2.78. The second kappa shape index (κ2) is 5.42. The molecule has 0 amide bonds. The maximum absolute atomic E-state index is 5.48. The predicted octanol–water partition coefficient (Wildman–Crippen LogP) is 1.92. The molecule has 16 heavy (non-hydrogen) atoms. The third-order valence-electron chi connectivity index (χ3n) is 2.26. The molecule has 0 aromatic carbocycles. The Morgan fingerprint density at radius 3 is 2.88 bits per heavy atom. The van der Waals surface area contributed by atoms with Crippen LogP contribution in [0.1, 0.15) is 24.3 Å². The summed E-state index contributed by atoms with van der Waals surface area (Å²) in [6.45, 7) is 3.41. The van der Waals surface area contributed by atoms with Gasteiger partial charge >= 0.3 is 0 Å². The minimum atomic E-state index is 0.635. The summed E-state index contributed by atoms with van der Waals surface area (Å²) in [4.78, 5) is 8.39. The van der Waals surface area contributed by atoms with E-state index in [4.69, 9.17) is 4.42 Å². The fourth-order valence-corrected chi connectivity index (χ4v) is 1.39. The van der Waals surface area contributed by atoms with E-state index in [-0.39, 0.29) is 0 Å². The van der Waals surface area contributed by atoms with Crippen LogP contribution in [-0.4, -0.2) is 9.97 Å². The van der Waals surface area contributed by atoms with Gasteiger partial charge in [0.1, 0.15) is 5.76 Å². The third kappa shape index (κ3) is 2.90. The molecule has 0 radical (unpaired) electrons. The van der Waals surface area contributed by atoms with E-state index < -0.39 is 0 Å². The second-order valence-electron chi connectivity index (χ2n) is 3.50. The summed E-state index contributed by atoms with van der Waals surface area (Å²) in [5, 5.41) is 3.24. The van der Waals surface area contributed by atoms with Crippen LogP contribution >= 0.6 is 0 Å². The molecule has 0 spiro atoms. The van der Waals surface area contributed by atoms with E-state index in [1.807, 2.05) is 25.1 Å². The van der Waals surface area contributed by atoms with Crippen LogP contribution in [0.2, 0.25) is 0 Å². The first-order valence-corrected chi connectivity index (χ1v) is 5.42. The molecule has 2 rings (SSSR count). The Morgan fingerprint density at radius 2 is 2.19 bits per heavy atom. The quantitative estimate of drug-likeness (QED) is 0.831. The molecule has 2 aromatic rings. The molecule has 0 bridgehead atoms. The highest BCUT2D eigenvalue weighted by Gasteiger charge is 2.01. The van der Waals surface area contributed by atoms with Crippen molar-refractivity contribution in [2.24, 2.45) is 0 Å². The fourth-order valence-electron chi connectivity index (χ4n) is 1.39. The molecule has 0 atom stereocenters. The smallest absolute Gasteiger partial charge is 0.208 e. The second-order valence-corrected chi connectivity index (χ2v) is 3.50. The number of nitrogens with zero attached hydrogens (tertiary/aromatic N) is 2. The molecule has 0 aliphatic carbocycles. The Labute approximate surface area is 94.7 Å². The van der Waals surface area contributed by atoms with Crippen LogP contribution in [0.4, 0.5) is 0 Å². The Bertz CT molecular complexity index is 425. The zero-order valence-electron chi connectivity index (χ0n) is 9.31. The van der Waals surface area contributed by atoms with Crippen molar-refractivity contribution in [3.63, 3.8) is 0 Å². The summed E-state index contributed by atoms with van der Waals surface area (Å²) in [5.74, 6) is 1.66. The molecule has 0 saturated heterocycles. The van der Waals surface area contributed by atoms with Gasteiger partial charge in [0.15, 0.2) is 0 Å². The van der Waals surface area contributed by atoms with Gasteiger partial charge in [-0.3, -0.25) is 4.98 Å². The number of rotatable bonds is 5. The fraction of sp³-hybridized carbons (Fsp3) is 0.333. The normalized spacial score (nSPS) is 10.6. The molecular formula is C12H15N3O. The SMILES string of the molecule is CCc1cnc(CNCc2ccccn2)o1. The van der Waals surface area contributed by atoms with E-state index in [9.17, 15) is 0 Å². The molecule has 4 heteroatoms. The van der Waals surface area contributed by atoms with Crippen LogP contribution in [0, 0.1) is 0 Å². The molecule has 0 fully saturated rings. The molecule has 1 N–H and O–H groups in total. The Morgan fingerprint density at radius 1 is 1.25 bits per heavy atom. The van der Waals surface area contributed by atoms with E-state index in [0.717, 1.165) is 30.3 Å². The number of nitrogens with one attached hydrogen (secondary N) is 1. The topological polar surface area (TPSA) is 51.0 Å². The average molecular weight is 217 g/mol. The van der Waals surface area contributed by atoms with Crippen molar-refractivity contribution < 1.29 is 4.42 Å². The Balaban J connectivity index is 1.80. The number of aromatic nitrogens is 2. The van der Waals surface area contributed by atoms with Gasteiger partial charge in [0.25, 0.3) is 0 Å². The van der Waals surface area contributed by atoms with E-state index in [2.05, 4.69) is 15.3 Å². The molecule has 84 valence electrons. The first kappa shape index (κ1) is 10.8.